The zero-order valence-corrected chi connectivity index (χ0v) is 18.3. The molecule has 0 spiro atoms. The van der Waals surface area contributed by atoms with Crippen molar-refractivity contribution in [3.05, 3.63) is 77.0 Å². The van der Waals surface area contributed by atoms with Crippen LogP contribution in [0.25, 0.3) is 11.1 Å². The number of hydrogen-bond acceptors (Lipinski definition) is 5. The highest BCUT2D eigenvalue weighted by Crippen LogP contribution is 2.28. The summed E-state index contributed by atoms with van der Waals surface area (Å²) >= 11 is 0. The van der Waals surface area contributed by atoms with E-state index < -0.39 is 23.6 Å². The molecule has 2 aromatic carbocycles. The van der Waals surface area contributed by atoms with Gasteiger partial charge in [0, 0.05) is 29.6 Å². The Kier molecular flexibility index (Phi) is 7.03. The van der Waals surface area contributed by atoms with Gasteiger partial charge in [-0.05, 0) is 67.8 Å². The second-order valence-electron chi connectivity index (χ2n) is 7.91. The Labute approximate surface area is 189 Å². The van der Waals surface area contributed by atoms with Gasteiger partial charge in [0.25, 0.3) is 11.8 Å². The highest BCUT2D eigenvalue weighted by atomic mass is 19.1. The van der Waals surface area contributed by atoms with Gasteiger partial charge < -0.3 is 21.5 Å². The predicted octanol–water partition coefficient (Wildman–Crippen LogP) is 3.73. The van der Waals surface area contributed by atoms with Crippen LogP contribution in [0.5, 0.6) is 0 Å². The van der Waals surface area contributed by atoms with Gasteiger partial charge >= 0.3 is 0 Å². The highest BCUT2D eigenvalue weighted by molar-refractivity contribution is 6.00. The lowest BCUT2D eigenvalue weighted by atomic mass is 9.99. The fourth-order valence-electron chi connectivity index (χ4n) is 3.30. The molecular formula is C24H24F2N4O3. The van der Waals surface area contributed by atoms with Gasteiger partial charge in [-0.3, -0.25) is 9.59 Å². The van der Waals surface area contributed by atoms with Crippen LogP contribution in [0.15, 0.2) is 48.7 Å². The van der Waals surface area contributed by atoms with Gasteiger partial charge in [0.05, 0.1) is 5.56 Å². The number of aromatic nitrogens is 1. The van der Waals surface area contributed by atoms with E-state index in [0.29, 0.717) is 17.3 Å². The average Bonchev–Trinajstić information content (AvgIpc) is 2.72. The van der Waals surface area contributed by atoms with Crippen molar-refractivity contribution < 1.29 is 23.5 Å². The molecule has 0 aliphatic rings. The summed E-state index contributed by atoms with van der Waals surface area (Å²) in [6.07, 6.45) is -0.205. The van der Waals surface area contributed by atoms with Crippen molar-refractivity contribution in [3.63, 3.8) is 0 Å². The van der Waals surface area contributed by atoms with Crippen molar-refractivity contribution in [1.82, 2.24) is 10.3 Å². The molecule has 9 heteroatoms. The van der Waals surface area contributed by atoms with Crippen LogP contribution in [0.1, 0.15) is 41.4 Å². The zero-order chi connectivity index (χ0) is 24.3. The van der Waals surface area contributed by atoms with Crippen LogP contribution in [-0.4, -0.2) is 27.9 Å². The number of aliphatic hydroxyl groups is 1. The molecular weight excluding hydrogens is 430 g/mol. The molecule has 1 heterocycles. The number of nitrogens with two attached hydrogens (primary N) is 1. The monoisotopic (exact) mass is 454 g/mol. The van der Waals surface area contributed by atoms with Crippen LogP contribution in [0.3, 0.4) is 0 Å². The van der Waals surface area contributed by atoms with Crippen LogP contribution in [0.4, 0.5) is 20.3 Å². The first-order chi connectivity index (χ1) is 15.5. The van der Waals surface area contributed by atoms with E-state index in [4.69, 9.17) is 5.73 Å². The third-order valence-electron chi connectivity index (χ3n) is 4.84. The molecule has 0 fully saturated rings. The number of amides is 2. The summed E-state index contributed by atoms with van der Waals surface area (Å²) in [5, 5.41) is 15.5. The Morgan fingerprint density at radius 1 is 1.06 bits per heavy atom. The maximum Gasteiger partial charge on any atom is 0.257 e. The number of nitrogens with zero attached hydrogens (tertiary/aromatic N) is 1. The van der Waals surface area contributed by atoms with E-state index in [1.165, 1.54) is 0 Å². The van der Waals surface area contributed by atoms with E-state index in [1.807, 2.05) is 13.8 Å². The largest absolute Gasteiger partial charge is 0.383 e. The summed E-state index contributed by atoms with van der Waals surface area (Å²) in [5.41, 5.74) is 8.46. The lowest BCUT2D eigenvalue weighted by molar-refractivity contribution is -0.124. The van der Waals surface area contributed by atoms with Crippen LogP contribution in [0.2, 0.25) is 0 Å². The highest BCUT2D eigenvalue weighted by Gasteiger charge is 2.20. The number of nitrogen functional groups attached to an aromatic ring is 1. The molecule has 5 N–H and O–H groups in total. The van der Waals surface area contributed by atoms with Gasteiger partial charge in [0.1, 0.15) is 17.5 Å². The quantitative estimate of drug-likeness (QED) is 0.453. The molecule has 33 heavy (non-hydrogen) atoms. The Morgan fingerprint density at radius 2 is 1.73 bits per heavy atom. The van der Waals surface area contributed by atoms with Crippen molar-refractivity contribution in [2.75, 3.05) is 11.1 Å². The summed E-state index contributed by atoms with van der Waals surface area (Å²) in [7, 11) is 0. The number of aryl methyl sites for hydroxylation is 1. The number of carbonyl (C=O) groups is 2. The smallest absolute Gasteiger partial charge is 0.257 e. The minimum absolute atomic E-state index is 0.0654. The topological polar surface area (TPSA) is 117 Å². The van der Waals surface area contributed by atoms with E-state index in [0.717, 1.165) is 23.3 Å². The standard InChI is InChI=1S/C24H24F2N4O3/c1-12(2)29-23(32)20-9-15(11-28-22(20)27)19-5-4-18(6-13(19)3)30-24(33)21(31)14-7-16(25)10-17(26)8-14/h4-12,21,31H,1-3H3,(H2,27,28)(H,29,32)(H,30,33)/t21-/m1/s1. The Morgan fingerprint density at radius 3 is 2.33 bits per heavy atom. The molecule has 1 aromatic heterocycles. The molecule has 2 amide bonds. The molecule has 3 aromatic rings. The van der Waals surface area contributed by atoms with Crippen LogP contribution in [0, 0.1) is 18.6 Å². The van der Waals surface area contributed by atoms with E-state index >= 15 is 0 Å². The van der Waals surface area contributed by atoms with Gasteiger partial charge in [0.2, 0.25) is 0 Å². The fraction of sp³-hybridized carbons (Fsp3) is 0.208. The molecule has 172 valence electrons. The molecule has 1 atom stereocenters. The lowest BCUT2D eigenvalue weighted by Crippen LogP contribution is -2.30. The second kappa shape index (κ2) is 9.74. The predicted molar refractivity (Wildman–Crippen MR) is 121 cm³/mol. The normalized spacial score (nSPS) is 11.8. The third kappa shape index (κ3) is 5.69. The van der Waals surface area contributed by atoms with Crippen LogP contribution >= 0.6 is 0 Å². The first-order valence-electron chi connectivity index (χ1n) is 10.2. The number of anilines is 2. The summed E-state index contributed by atoms with van der Waals surface area (Å²) in [6.45, 7) is 5.47. The van der Waals surface area contributed by atoms with Crippen molar-refractivity contribution in [2.24, 2.45) is 0 Å². The molecule has 0 unspecified atom stereocenters. The molecule has 0 saturated carbocycles. The Hall–Kier alpha value is -3.85. The summed E-state index contributed by atoms with van der Waals surface area (Å²) in [5.74, 6) is -2.84. The lowest BCUT2D eigenvalue weighted by Gasteiger charge is -2.15. The first kappa shape index (κ1) is 23.8. The molecule has 0 saturated heterocycles. The van der Waals surface area contributed by atoms with Crippen molar-refractivity contribution in [2.45, 2.75) is 32.9 Å². The van der Waals surface area contributed by atoms with Crippen LogP contribution in [-0.2, 0) is 4.79 Å². The number of benzene rings is 2. The van der Waals surface area contributed by atoms with Crippen molar-refractivity contribution in [3.8, 4) is 11.1 Å². The number of hydrogen-bond donors (Lipinski definition) is 4. The van der Waals surface area contributed by atoms with E-state index in [1.54, 1.807) is 37.4 Å². The zero-order valence-electron chi connectivity index (χ0n) is 18.3. The number of pyridine rings is 1. The van der Waals surface area contributed by atoms with Gasteiger partial charge in [0.15, 0.2) is 6.10 Å². The second-order valence-corrected chi connectivity index (χ2v) is 7.91. The molecule has 7 nitrogen and oxygen atoms in total. The van der Waals surface area contributed by atoms with Gasteiger partial charge in [-0.25, -0.2) is 13.8 Å². The fourth-order valence-corrected chi connectivity index (χ4v) is 3.30. The minimum Gasteiger partial charge on any atom is -0.383 e. The van der Waals surface area contributed by atoms with Gasteiger partial charge in [-0.1, -0.05) is 6.07 Å². The minimum atomic E-state index is -1.75. The number of rotatable bonds is 6. The van der Waals surface area contributed by atoms with E-state index in [-0.39, 0.29) is 28.9 Å². The molecule has 0 aliphatic heterocycles. The van der Waals surface area contributed by atoms with E-state index in [2.05, 4.69) is 15.6 Å². The van der Waals surface area contributed by atoms with Gasteiger partial charge in [-0.15, -0.1) is 0 Å². The van der Waals surface area contributed by atoms with E-state index in [9.17, 15) is 23.5 Å². The SMILES string of the molecule is Cc1cc(NC(=O)[C@H](O)c2cc(F)cc(F)c2)ccc1-c1cnc(N)c(C(=O)NC(C)C)c1. The molecule has 0 aliphatic carbocycles. The maximum absolute atomic E-state index is 13.4. The first-order valence-corrected chi connectivity index (χ1v) is 10.2. The summed E-state index contributed by atoms with van der Waals surface area (Å²) in [6, 6.07) is 8.99. The Balaban J connectivity index is 1.81. The average molecular weight is 454 g/mol. The maximum atomic E-state index is 13.4. The van der Waals surface area contributed by atoms with Crippen LogP contribution < -0.4 is 16.4 Å². The molecule has 0 radical (unpaired) electrons. The number of carbonyl (C=O) groups excluding carboxylic acids is 2. The Bertz CT molecular complexity index is 1190. The molecule has 0 bridgehead atoms. The summed E-state index contributed by atoms with van der Waals surface area (Å²) < 4.78 is 26.8. The van der Waals surface area contributed by atoms with Crippen molar-refractivity contribution in [1.29, 1.82) is 0 Å². The van der Waals surface area contributed by atoms with Crippen molar-refractivity contribution >= 4 is 23.3 Å². The van der Waals surface area contributed by atoms with Gasteiger partial charge in [-0.2, -0.15) is 0 Å². The summed E-state index contributed by atoms with van der Waals surface area (Å²) in [4.78, 5) is 28.9. The number of halogens is 2. The third-order valence-corrected chi connectivity index (χ3v) is 4.84. The number of nitrogens with one attached hydrogen (secondary N) is 2. The molecule has 3 rings (SSSR count). The number of aliphatic hydroxyl groups excluding tert-OH is 1.